The first kappa shape index (κ1) is 16.7. The Kier molecular flexibility index (Phi) is 5.63. The van der Waals surface area contributed by atoms with Crippen LogP contribution in [0.3, 0.4) is 0 Å². The highest BCUT2D eigenvalue weighted by Gasteiger charge is 2.25. The van der Waals surface area contributed by atoms with Crippen molar-refractivity contribution < 1.29 is 5.11 Å². The zero-order valence-electron chi connectivity index (χ0n) is 13.9. The van der Waals surface area contributed by atoms with Crippen molar-refractivity contribution in [1.29, 1.82) is 5.26 Å². The number of aliphatic hydroxyl groups excluding tert-OH is 1. The fourth-order valence-electron chi connectivity index (χ4n) is 3.53. The molecule has 0 bridgehead atoms. The summed E-state index contributed by atoms with van der Waals surface area (Å²) in [5.41, 5.74) is 3.07. The summed E-state index contributed by atoms with van der Waals surface area (Å²) >= 11 is 0. The Bertz CT molecular complexity index is 684. The maximum absolute atomic E-state index is 10.5. The van der Waals surface area contributed by atoms with Gasteiger partial charge in [-0.3, -0.25) is 4.90 Å². The number of likely N-dealkylation sites (tertiary alicyclic amines) is 1. The monoisotopic (exact) mass is 320 g/mol. The molecule has 1 saturated heterocycles. The Balaban J connectivity index is 1.51. The number of nitriles is 1. The summed E-state index contributed by atoms with van der Waals surface area (Å²) in [6.45, 7) is 2.79. The molecule has 1 N–H and O–H groups in total. The summed E-state index contributed by atoms with van der Waals surface area (Å²) in [4.78, 5) is 2.39. The standard InChI is InChI=1S/C21H24N2O/c22-15-19-8-4-5-9-20(19)16-23-12-10-18(11-13-23)21(24)14-17-6-2-1-3-7-17/h1-9,18,21,24H,10-14,16H2. The van der Waals surface area contributed by atoms with Crippen LogP contribution in [0.5, 0.6) is 0 Å². The van der Waals surface area contributed by atoms with E-state index in [9.17, 15) is 10.4 Å². The second kappa shape index (κ2) is 8.10. The van der Waals surface area contributed by atoms with Gasteiger partial charge in [0.15, 0.2) is 0 Å². The molecule has 1 heterocycles. The number of aliphatic hydroxyl groups is 1. The molecule has 3 rings (SSSR count). The molecule has 0 spiro atoms. The Morgan fingerprint density at radius 1 is 1.04 bits per heavy atom. The molecule has 1 aliphatic heterocycles. The molecular formula is C21H24N2O. The SMILES string of the molecule is N#Cc1ccccc1CN1CCC(C(O)Cc2ccccc2)CC1. The second-order valence-electron chi connectivity index (χ2n) is 6.64. The quantitative estimate of drug-likeness (QED) is 0.919. The summed E-state index contributed by atoms with van der Waals surface area (Å²) in [5.74, 6) is 0.368. The van der Waals surface area contributed by atoms with Crippen LogP contribution in [0.15, 0.2) is 54.6 Å². The largest absolute Gasteiger partial charge is 0.392 e. The molecule has 1 unspecified atom stereocenters. The van der Waals surface area contributed by atoms with Crippen molar-refractivity contribution in [2.45, 2.75) is 31.9 Å². The van der Waals surface area contributed by atoms with Gasteiger partial charge >= 0.3 is 0 Å². The van der Waals surface area contributed by atoms with Crippen LogP contribution in [0, 0.1) is 17.2 Å². The lowest BCUT2D eigenvalue weighted by Crippen LogP contribution is -2.38. The fourth-order valence-corrected chi connectivity index (χ4v) is 3.53. The van der Waals surface area contributed by atoms with Gasteiger partial charge in [-0.05, 0) is 55.5 Å². The van der Waals surface area contributed by atoms with Gasteiger partial charge in [0.1, 0.15) is 0 Å². The van der Waals surface area contributed by atoms with Crippen LogP contribution in [0.25, 0.3) is 0 Å². The fraction of sp³-hybridized carbons (Fsp3) is 0.381. The number of piperidine rings is 1. The Labute approximate surface area is 144 Å². The molecule has 1 atom stereocenters. The minimum atomic E-state index is -0.263. The van der Waals surface area contributed by atoms with Crippen molar-refractivity contribution in [2.75, 3.05) is 13.1 Å². The van der Waals surface area contributed by atoms with E-state index in [1.165, 1.54) is 5.56 Å². The topological polar surface area (TPSA) is 47.3 Å². The van der Waals surface area contributed by atoms with Gasteiger partial charge < -0.3 is 5.11 Å². The Morgan fingerprint density at radius 3 is 2.42 bits per heavy atom. The molecule has 0 radical (unpaired) electrons. The molecule has 0 amide bonds. The third-order valence-corrected chi connectivity index (χ3v) is 5.00. The van der Waals surface area contributed by atoms with Crippen molar-refractivity contribution in [2.24, 2.45) is 5.92 Å². The summed E-state index contributed by atoms with van der Waals surface area (Å²) in [6, 6.07) is 20.3. The van der Waals surface area contributed by atoms with E-state index < -0.39 is 0 Å². The summed E-state index contributed by atoms with van der Waals surface area (Å²) in [7, 11) is 0. The molecule has 24 heavy (non-hydrogen) atoms. The van der Waals surface area contributed by atoms with E-state index in [0.717, 1.165) is 50.0 Å². The van der Waals surface area contributed by atoms with Gasteiger partial charge in [-0.1, -0.05) is 48.5 Å². The van der Waals surface area contributed by atoms with Crippen LogP contribution in [-0.4, -0.2) is 29.2 Å². The predicted molar refractivity (Wildman–Crippen MR) is 95.3 cm³/mol. The molecule has 3 nitrogen and oxygen atoms in total. The normalized spacial score (nSPS) is 17.3. The van der Waals surface area contributed by atoms with Crippen molar-refractivity contribution in [3.63, 3.8) is 0 Å². The highest BCUT2D eigenvalue weighted by molar-refractivity contribution is 5.37. The van der Waals surface area contributed by atoms with Gasteiger partial charge in [0.25, 0.3) is 0 Å². The summed E-state index contributed by atoms with van der Waals surface area (Å²) in [5, 5.41) is 19.7. The average Bonchev–Trinajstić information content (AvgIpc) is 2.63. The Hall–Kier alpha value is -2.15. The van der Waals surface area contributed by atoms with E-state index >= 15 is 0 Å². The summed E-state index contributed by atoms with van der Waals surface area (Å²) in [6.07, 6.45) is 2.51. The molecule has 2 aromatic carbocycles. The molecule has 124 valence electrons. The predicted octanol–water partition coefficient (Wildman–Crippen LogP) is 3.37. The van der Waals surface area contributed by atoms with E-state index in [4.69, 9.17) is 0 Å². The highest BCUT2D eigenvalue weighted by atomic mass is 16.3. The number of benzene rings is 2. The first-order valence-electron chi connectivity index (χ1n) is 8.68. The third-order valence-electron chi connectivity index (χ3n) is 5.00. The van der Waals surface area contributed by atoms with Gasteiger partial charge in [-0.15, -0.1) is 0 Å². The molecule has 0 aliphatic carbocycles. The summed E-state index contributed by atoms with van der Waals surface area (Å²) < 4.78 is 0. The van der Waals surface area contributed by atoms with Crippen molar-refractivity contribution in [1.82, 2.24) is 4.90 Å². The molecule has 3 heteroatoms. The van der Waals surface area contributed by atoms with Gasteiger partial charge in [0, 0.05) is 6.54 Å². The number of hydrogen-bond donors (Lipinski definition) is 1. The number of hydrogen-bond acceptors (Lipinski definition) is 3. The Morgan fingerprint density at radius 2 is 1.71 bits per heavy atom. The van der Waals surface area contributed by atoms with Crippen LogP contribution in [0.4, 0.5) is 0 Å². The maximum atomic E-state index is 10.5. The minimum absolute atomic E-state index is 0.263. The highest BCUT2D eigenvalue weighted by Crippen LogP contribution is 2.24. The zero-order chi connectivity index (χ0) is 16.8. The van der Waals surface area contributed by atoms with Crippen LogP contribution >= 0.6 is 0 Å². The molecular weight excluding hydrogens is 296 g/mol. The number of rotatable bonds is 5. The third kappa shape index (κ3) is 4.23. The zero-order valence-corrected chi connectivity index (χ0v) is 13.9. The van der Waals surface area contributed by atoms with Crippen LogP contribution in [-0.2, 0) is 13.0 Å². The van der Waals surface area contributed by atoms with Crippen LogP contribution < -0.4 is 0 Å². The van der Waals surface area contributed by atoms with E-state index in [0.29, 0.717) is 5.92 Å². The molecule has 1 fully saturated rings. The van der Waals surface area contributed by atoms with Crippen molar-refractivity contribution in [3.8, 4) is 6.07 Å². The molecule has 1 aliphatic rings. The van der Waals surface area contributed by atoms with Gasteiger partial charge in [0.05, 0.1) is 17.7 Å². The van der Waals surface area contributed by atoms with Crippen LogP contribution in [0.2, 0.25) is 0 Å². The van der Waals surface area contributed by atoms with Gasteiger partial charge in [-0.25, -0.2) is 0 Å². The van der Waals surface area contributed by atoms with Crippen molar-refractivity contribution in [3.05, 3.63) is 71.3 Å². The van der Waals surface area contributed by atoms with E-state index in [1.807, 2.05) is 42.5 Å². The first-order valence-corrected chi connectivity index (χ1v) is 8.68. The lowest BCUT2D eigenvalue weighted by atomic mass is 9.87. The van der Waals surface area contributed by atoms with Crippen LogP contribution in [0.1, 0.15) is 29.5 Å². The lowest BCUT2D eigenvalue weighted by Gasteiger charge is -2.34. The van der Waals surface area contributed by atoms with Gasteiger partial charge in [0.2, 0.25) is 0 Å². The first-order chi connectivity index (χ1) is 11.8. The molecule has 2 aromatic rings. The maximum Gasteiger partial charge on any atom is 0.0995 e. The second-order valence-corrected chi connectivity index (χ2v) is 6.64. The van der Waals surface area contributed by atoms with E-state index in [2.05, 4.69) is 23.1 Å². The average molecular weight is 320 g/mol. The number of nitrogens with zero attached hydrogens (tertiary/aromatic N) is 2. The lowest BCUT2D eigenvalue weighted by molar-refractivity contribution is 0.0576. The molecule has 0 aromatic heterocycles. The minimum Gasteiger partial charge on any atom is -0.392 e. The van der Waals surface area contributed by atoms with Crippen molar-refractivity contribution >= 4 is 0 Å². The molecule has 0 saturated carbocycles. The smallest absolute Gasteiger partial charge is 0.0995 e. The van der Waals surface area contributed by atoms with E-state index in [1.54, 1.807) is 0 Å². The van der Waals surface area contributed by atoms with E-state index in [-0.39, 0.29) is 6.10 Å². The van der Waals surface area contributed by atoms with Gasteiger partial charge in [-0.2, -0.15) is 5.26 Å².